The van der Waals surface area contributed by atoms with E-state index < -0.39 is 0 Å². The third kappa shape index (κ3) is 5.41. The Balaban J connectivity index is 1.57. The number of rotatable bonds is 6. The quantitative estimate of drug-likeness (QED) is 0.781. The molecule has 0 aromatic rings. The summed E-state index contributed by atoms with van der Waals surface area (Å²) in [4.78, 5) is 14.4. The van der Waals surface area contributed by atoms with Gasteiger partial charge in [-0.25, -0.2) is 0 Å². The Hall–Kier alpha value is -0.610. The lowest BCUT2D eigenvalue weighted by molar-refractivity contribution is -0.122. The van der Waals surface area contributed by atoms with E-state index in [2.05, 4.69) is 10.2 Å². The molecule has 0 radical (unpaired) electrons. The largest absolute Gasteiger partial charge is 0.353 e. The van der Waals surface area contributed by atoms with Gasteiger partial charge in [0.2, 0.25) is 5.91 Å². The molecule has 1 saturated carbocycles. The fourth-order valence-corrected chi connectivity index (χ4v) is 3.54. The molecule has 0 aromatic carbocycles. The highest BCUT2D eigenvalue weighted by molar-refractivity contribution is 5.76. The lowest BCUT2D eigenvalue weighted by Gasteiger charge is -2.31. The van der Waals surface area contributed by atoms with Crippen LogP contribution < -0.4 is 11.1 Å². The number of carbonyl (C=O) groups excluding carboxylic acids is 1. The first-order valence-corrected chi connectivity index (χ1v) is 8.49. The Morgan fingerprint density at radius 2 is 1.80 bits per heavy atom. The van der Waals surface area contributed by atoms with Gasteiger partial charge in [0.05, 0.1) is 0 Å². The number of carbonyl (C=O) groups is 1. The van der Waals surface area contributed by atoms with Crippen LogP contribution in [0.3, 0.4) is 0 Å². The first-order chi connectivity index (χ1) is 9.78. The van der Waals surface area contributed by atoms with E-state index in [0.29, 0.717) is 12.5 Å². The molecule has 2 rings (SSSR count). The van der Waals surface area contributed by atoms with Gasteiger partial charge in [0.1, 0.15) is 0 Å². The zero-order valence-electron chi connectivity index (χ0n) is 12.8. The summed E-state index contributed by atoms with van der Waals surface area (Å²) in [5.74, 6) is 1.06. The molecule has 1 saturated heterocycles. The summed E-state index contributed by atoms with van der Waals surface area (Å²) in [5.41, 5.74) is 5.61. The van der Waals surface area contributed by atoms with Crippen molar-refractivity contribution in [2.45, 2.75) is 63.8 Å². The van der Waals surface area contributed by atoms with Gasteiger partial charge in [-0.3, -0.25) is 4.79 Å². The molecule has 3 N–H and O–H groups in total. The van der Waals surface area contributed by atoms with Crippen molar-refractivity contribution in [2.75, 3.05) is 26.2 Å². The number of piperidine rings is 1. The maximum atomic E-state index is 12.0. The van der Waals surface area contributed by atoms with Crippen LogP contribution in [0, 0.1) is 5.92 Å². The second-order valence-electron chi connectivity index (χ2n) is 6.51. The van der Waals surface area contributed by atoms with Crippen LogP contribution in [-0.2, 0) is 4.79 Å². The third-order valence-corrected chi connectivity index (χ3v) is 4.91. The maximum Gasteiger partial charge on any atom is 0.221 e. The van der Waals surface area contributed by atoms with Crippen LogP contribution in [0.5, 0.6) is 0 Å². The molecular formula is C16H31N3O. The minimum absolute atomic E-state index is 0.251. The van der Waals surface area contributed by atoms with Crippen LogP contribution in [0.2, 0.25) is 0 Å². The Kier molecular flexibility index (Phi) is 6.80. The van der Waals surface area contributed by atoms with Crippen LogP contribution in [0.1, 0.15) is 57.8 Å². The molecule has 2 fully saturated rings. The molecule has 0 spiro atoms. The highest BCUT2D eigenvalue weighted by Crippen LogP contribution is 2.20. The second kappa shape index (κ2) is 8.63. The summed E-state index contributed by atoms with van der Waals surface area (Å²) >= 11 is 0. The second-order valence-corrected chi connectivity index (χ2v) is 6.51. The van der Waals surface area contributed by atoms with Gasteiger partial charge in [-0.2, -0.15) is 0 Å². The van der Waals surface area contributed by atoms with E-state index >= 15 is 0 Å². The topological polar surface area (TPSA) is 58.4 Å². The van der Waals surface area contributed by atoms with E-state index in [9.17, 15) is 4.79 Å². The Labute approximate surface area is 123 Å². The summed E-state index contributed by atoms with van der Waals surface area (Å²) in [5, 5.41) is 3.21. The molecule has 1 amide bonds. The summed E-state index contributed by atoms with van der Waals surface area (Å²) in [6, 6.07) is 0.451. The van der Waals surface area contributed by atoms with E-state index in [1.54, 1.807) is 0 Å². The van der Waals surface area contributed by atoms with Gasteiger partial charge in [-0.15, -0.1) is 0 Å². The average molecular weight is 281 g/mol. The first kappa shape index (κ1) is 15.8. The molecule has 4 nitrogen and oxygen atoms in total. The molecule has 1 aliphatic heterocycles. The van der Waals surface area contributed by atoms with Crippen LogP contribution in [0.15, 0.2) is 0 Å². The molecule has 1 aliphatic carbocycles. The predicted octanol–water partition coefficient (Wildman–Crippen LogP) is 1.89. The highest BCUT2D eigenvalue weighted by atomic mass is 16.1. The van der Waals surface area contributed by atoms with E-state index in [1.807, 2.05) is 0 Å². The normalized spacial score (nSPS) is 22.9. The Morgan fingerprint density at radius 3 is 2.45 bits per heavy atom. The number of hydrogen-bond donors (Lipinski definition) is 2. The van der Waals surface area contributed by atoms with Gasteiger partial charge in [-0.1, -0.05) is 19.3 Å². The average Bonchev–Trinajstić information content (AvgIpc) is 2.48. The van der Waals surface area contributed by atoms with E-state index in [-0.39, 0.29) is 5.91 Å². The van der Waals surface area contributed by atoms with Crippen molar-refractivity contribution in [2.24, 2.45) is 11.7 Å². The van der Waals surface area contributed by atoms with Crippen molar-refractivity contribution in [3.8, 4) is 0 Å². The standard InChI is InChI=1S/C16H31N3O/c17-10-6-14-7-11-19(12-8-14)13-9-16(20)18-15-4-2-1-3-5-15/h14-15H,1-13,17H2,(H,18,20). The number of nitrogens with one attached hydrogen (secondary N) is 1. The summed E-state index contributed by atoms with van der Waals surface area (Å²) in [6.45, 7) is 4.02. The lowest BCUT2D eigenvalue weighted by Crippen LogP contribution is -2.40. The smallest absolute Gasteiger partial charge is 0.221 e. The van der Waals surface area contributed by atoms with E-state index in [1.165, 1.54) is 44.9 Å². The summed E-state index contributed by atoms with van der Waals surface area (Å²) in [7, 11) is 0. The number of nitrogens with zero attached hydrogens (tertiary/aromatic N) is 1. The summed E-state index contributed by atoms with van der Waals surface area (Å²) in [6.07, 6.45) is 10.6. The fourth-order valence-electron chi connectivity index (χ4n) is 3.54. The van der Waals surface area contributed by atoms with E-state index in [0.717, 1.165) is 38.5 Å². The molecule has 20 heavy (non-hydrogen) atoms. The minimum Gasteiger partial charge on any atom is -0.353 e. The molecule has 0 aromatic heterocycles. The van der Waals surface area contributed by atoms with Crippen LogP contribution in [-0.4, -0.2) is 43.0 Å². The van der Waals surface area contributed by atoms with Gasteiger partial charge in [0.15, 0.2) is 0 Å². The highest BCUT2D eigenvalue weighted by Gasteiger charge is 2.20. The first-order valence-electron chi connectivity index (χ1n) is 8.49. The van der Waals surface area contributed by atoms with Crippen LogP contribution in [0.4, 0.5) is 0 Å². The molecular weight excluding hydrogens is 250 g/mol. The molecule has 0 atom stereocenters. The van der Waals surface area contributed by atoms with Crippen LogP contribution >= 0.6 is 0 Å². The molecule has 1 heterocycles. The number of likely N-dealkylation sites (tertiary alicyclic amines) is 1. The Morgan fingerprint density at radius 1 is 1.10 bits per heavy atom. The van der Waals surface area contributed by atoms with Gasteiger partial charge < -0.3 is 16.0 Å². The molecule has 0 bridgehead atoms. The van der Waals surface area contributed by atoms with Gasteiger partial charge >= 0.3 is 0 Å². The molecule has 4 heteroatoms. The van der Waals surface area contributed by atoms with Crippen molar-refractivity contribution in [1.82, 2.24) is 10.2 Å². The molecule has 116 valence electrons. The number of amides is 1. The van der Waals surface area contributed by atoms with Crippen molar-refractivity contribution >= 4 is 5.91 Å². The van der Waals surface area contributed by atoms with E-state index in [4.69, 9.17) is 5.73 Å². The third-order valence-electron chi connectivity index (χ3n) is 4.91. The Bertz CT molecular complexity index is 281. The van der Waals surface area contributed by atoms with Gasteiger partial charge in [-0.05, 0) is 57.7 Å². The monoisotopic (exact) mass is 281 g/mol. The number of nitrogens with two attached hydrogens (primary N) is 1. The zero-order valence-corrected chi connectivity index (χ0v) is 12.8. The SMILES string of the molecule is NCCC1CCN(CCC(=O)NC2CCCCC2)CC1. The summed E-state index contributed by atoms with van der Waals surface area (Å²) < 4.78 is 0. The maximum absolute atomic E-state index is 12.0. The molecule has 2 aliphatic rings. The van der Waals surface area contributed by atoms with Gasteiger partial charge in [0, 0.05) is 19.0 Å². The lowest BCUT2D eigenvalue weighted by atomic mass is 9.93. The van der Waals surface area contributed by atoms with Gasteiger partial charge in [0.25, 0.3) is 0 Å². The minimum atomic E-state index is 0.251. The number of hydrogen-bond acceptors (Lipinski definition) is 3. The molecule has 0 unspecified atom stereocenters. The van der Waals surface area contributed by atoms with Crippen molar-refractivity contribution < 1.29 is 4.79 Å². The fraction of sp³-hybridized carbons (Fsp3) is 0.938. The van der Waals surface area contributed by atoms with Crippen molar-refractivity contribution in [1.29, 1.82) is 0 Å². The van der Waals surface area contributed by atoms with Crippen LogP contribution in [0.25, 0.3) is 0 Å². The van der Waals surface area contributed by atoms with Crippen molar-refractivity contribution in [3.05, 3.63) is 0 Å². The predicted molar refractivity (Wildman–Crippen MR) is 82.5 cm³/mol. The van der Waals surface area contributed by atoms with Crippen molar-refractivity contribution in [3.63, 3.8) is 0 Å². The zero-order chi connectivity index (χ0) is 14.2.